The van der Waals surface area contributed by atoms with E-state index >= 15 is 0 Å². The molecule has 0 aromatic heterocycles. The van der Waals surface area contributed by atoms with Gasteiger partial charge in [-0.1, -0.05) is 58.6 Å². The SMILES string of the molecule is CCCCCC[C@@H](C(=O)N1[C@@H]2C[C@H]3CC[C@]2(CS1(=O)=O)C3(C)C)[C@@H](O)[C@H](C)OCc1ccc(OC)cc1. The summed E-state index contributed by atoms with van der Waals surface area (Å²) in [4.78, 5) is 14.1. The molecule has 1 aromatic rings. The molecule has 1 amide bonds. The van der Waals surface area contributed by atoms with Crippen LogP contribution in [0.25, 0.3) is 0 Å². The van der Waals surface area contributed by atoms with Crippen LogP contribution in [0.2, 0.25) is 0 Å². The topological polar surface area (TPSA) is 93.1 Å². The molecule has 8 heteroatoms. The Hall–Kier alpha value is -1.64. The minimum Gasteiger partial charge on any atom is -0.497 e. The number of amides is 1. The third-order valence-electron chi connectivity index (χ3n) is 9.88. The molecular formula is C29H45NO6S. The molecule has 4 rings (SSSR count). The third kappa shape index (κ3) is 5.06. The van der Waals surface area contributed by atoms with Gasteiger partial charge in [-0.2, -0.15) is 0 Å². The lowest BCUT2D eigenvalue weighted by Gasteiger charge is -2.38. The van der Waals surface area contributed by atoms with E-state index in [4.69, 9.17) is 9.47 Å². The van der Waals surface area contributed by atoms with Crippen molar-refractivity contribution in [3.8, 4) is 5.75 Å². The van der Waals surface area contributed by atoms with E-state index in [1.165, 1.54) is 4.31 Å². The van der Waals surface area contributed by atoms with Gasteiger partial charge in [0.25, 0.3) is 0 Å². The van der Waals surface area contributed by atoms with E-state index in [-0.39, 0.29) is 29.2 Å². The average molecular weight is 536 g/mol. The molecule has 3 fully saturated rings. The number of nitrogens with zero attached hydrogens (tertiary/aromatic N) is 1. The molecule has 1 aliphatic heterocycles. The maximum atomic E-state index is 14.1. The quantitative estimate of drug-likeness (QED) is 0.382. The Morgan fingerprint density at radius 2 is 1.89 bits per heavy atom. The predicted molar refractivity (Wildman–Crippen MR) is 143 cm³/mol. The number of sulfonamides is 1. The van der Waals surface area contributed by atoms with Gasteiger partial charge < -0.3 is 14.6 Å². The molecule has 3 aliphatic rings. The van der Waals surface area contributed by atoms with Crippen molar-refractivity contribution in [3.05, 3.63) is 29.8 Å². The number of rotatable bonds is 12. The number of carbonyl (C=O) groups is 1. The Kier molecular flexibility index (Phi) is 8.32. The van der Waals surface area contributed by atoms with Crippen LogP contribution in [-0.4, -0.2) is 54.8 Å². The summed E-state index contributed by atoms with van der Waals surface area (Å²) >= 11 is 0. The third-order valence-corrected chi connectivity index (χ3v) is 11.8. The highest BCUT2D eigenvalue weighted by Crippen LogP contribution is 2.70. The normalized spacial score (nSPS) is 29.6. The standard InChI is InChI=1S/C29H45NO6S/c1-6-7-8-9-10-24(26(31)20(2)36-18-21-11-13-23(35-5)14-12-21)27(32)30-25-17-22-15-16-29(25,28(22,3)4)19-37(30,33)34/h11-14,20,22,24-26,31H,6-10,15-19H2,1-5H3/t20-,22+,24+,25+,26-,29+/m0/s1. The van der Waals surface area contributed by atoms with Crippen LogP contribution in [0.5, 0.6) is 5.75 Å². The zero-order chi connectivity index (χ0) is 27.0. The summed E-state index contributed by atoms with van der Waals surface area (Å²) in [5.41, 5.74) is 0.448. The van der Waals surface area contributed by atoms with Crippen molar-refractivity contribution in [2.24, 2.45) is 22.7 Å². The largest absolute Gasteiger partial charge is 0.497 e. The first-order chi connectivity index (χ1) is 17.5. The first kappa shape index (κ1) is 28.4. The molecule has 1 saturated heterocycles. The first-order valence-electron chi connectivity index (χ1n) is 14.0. The van der Waals surface area contributed by atoms with Crippen LogP contribution in [0.4, 0.5) is 0 Å². The number of aliphatic hydroxyl groups is 1. The number of benzene rings is 1. The van der Waals surface area contributed by atoms with Crippen molar-refractivity contribution in [1.82, 2.24) is 4.31 Å². The van der Waals surface area contributed by atoms with E-state index in [9.17, 15) is 18.3 Å². The van der Waals surface area contributed by atoms with Gasteiger partial charge in [0.15, 0.2) is 0 Å². The van der Waals surface area contributed by atoms with Crippen LogP contribution in [0, 0.1) is 22.7 Å². The molecule has 0 unspecified atom stereocenters. The molecule has 37 heavy (non-hydrogen) atoms. The van der Waals surface area contributed by atoms with Gasteiger partial charge in [-0.25, -0.2) is 12.7 Å². The monoisotopic (exact) mass is 535 g/mol. The Labute approximate surface area is 223 Å². The molecule has 1 aromatic carbocycles. The van der Waals surface area contributed by atoms with E-state index in [0.717, 1.165) is 56.3 Å². The number of carbonyl (C=O) groups excluding carboxylic acids is 1. The van der Waals surface area contributed by atoms with Crippen LogP contribution >= 0.6 is 0 Å². The molecular weight excluding hydrogens is 490 g/mol. The van der Waals surface area contributed by atoms with Crippen molar-refractivity contribution in [2.75, 3.05) is 12.9 Å². The molecule has 1 heterocycles. The van der Waals surface area contributed by atoms with Gasteiger partial charge in [-0.3, -0.25) is 4.79 Å². The number of fused-ring (bicyclic) bond motifs is 1. The Morgan fingerprint density at radius 1 is 1.19 bits per heavy atom. The zero-order valence-corrected chi connectivity index (χ0v) is 23.9. The highest BCUT2D eigenvalue weighted by molar-refractivity contribution is 7.90. The number of methoxy groups -OCH3 is 1. The van der Waals surface area contributed by atoms with Crippen LogP contribution < -0.4 is 4.74 Å². The first-order valence-corrected chi connectivity index (χ1v) is 15.6. The number of unbranched alkanes of at least 4 members (excludes halogenated alkanes) is 3. The van der Waals surface area contributed by atoms with E-state index in [2.05, 4.69) is 20.8 Å². The maximum absolute atomic E-state index is 14.1. The van der Waals surface area contributed by atoms with Gasteiger partial charge in [0.2, 0.25) is 15.9 Å². The van der Waals surface area contributed by atoms with Crippen molar-refractivity contribution in [1.29, 1.82) is 0 Å². The Bertz CT molecular complexity index is 1050. The number of hydrogen-bond acceptors (Lipinski definition) is 6. The second kappa shape index (κ2) is 10.9. The second-order valence-electron chi connectivity index (χ2n) is 12.1. The summed E-state index contributed by atoms with van der Waals surface area (Å²) in [6.07, 6.45) is 5.17. The lowest BCUT2D eigenvalue weighted by Crippen LogP contribution is -2.50. The minimum atomic E-state index is -3.74. The van der Waals surface area contributed by atoms with E-state index in [1.807, 2.05) is 24.3 Å². The molecule has 6 atom stereocenters. The summed E-state index contributed by atoms with van der Waals surface area (Å²) in [7, 11) is -2.13. The van der Waals surface area contributed by atoms with Crippen molar-refractivity contribution in [2.45, 2.75) is 104 Å². The van der Waals surface area contributed by atoms with Gasteiger partial charge in [0.05, 0.1) is 43.6 Å². The fourth-order valence-corrected chi connectivity index (χ4v) is 9.93. The van der Waals surface area contributed by atoms with Crippen LogP contribution in [0.15, 0.2) is 24.3 Å². The number of aliphatic hydroxyl groups excluding tert-OH is 1. The smallest absolute Gasteiger partial charge is 0.242 e. The summed E-state index contributed by atoms with van der Waals surface area (Å²) in [6, 6.07) is 7.21. The van der Waals surface area contributed by atoms with Gasteiger partial charge in [0, 0.05) is 5.41 Å². The fraction of sp³-hybridized carbons (Fsp3) is 0.759. The molecule has 0 radical (unpaired) electrons. The zero-order valence-electron chi connectivity index (χ0n) is 23.1. The lowest BCUT2D eigenvalue weighted by atomic mass is 9.69. The Morgan fingerprint density at radius 3 is 2.51 bits per heavy atom. The second-order valence-corrected chi connectivity index (χ2v) is 13.9. The highest BCUT2D eigenvalue weighted by atomic mass is 32.2. The van der Waals surface area contributed by atoms with Gasteiger partial charge >= 0.3 is 0 Å². The summed E-state index contributed by atoms with van der Waals surface area (Å²) in [6.45, 7) is 8.53. The van der Waals surface area contributed by atoms with Crippen molar-refractivity contribution < 1.29 is 27.8 Å². The molecule has 2 bridgehead atoms. The van der Waals surface area contributed by atoms with Gasteiger partial charge in [-0.05, 0) is 61.6 Å². The molecule has 7 nitrogen and oxygen atoms in total. The minimum absolute atomic E-state index is 0.0437. The predicted octanol–water partition coefficient (Wildman–Crippen LogP) is 4.91. The average Bonchev–Trinajstić information content (AvgIpc) is 3.35. The molecule has 2 aliphatic carbocycles. The van der Waals surface area contributed by atoms with Crippen LogP contribution in [-0.2, 0) is 26.2 Å². The molecule has 1 N–H and O–H groups in total. The van der Waals surface area contributed by atoms with E-state index in [1.54, 1.807) is 14.0 Å². The van der Waals surface area contributed by atoms with E-state index in [0.29, 0.717) is 12.3 Å². The van der Waals surface area contributed by atoms with Gasteiger partial charge in [0.1, 0.15) is 5.75 Å². The number of ether oxygens (including phenoxy) is 2. The van der Waals surface area contributed by atoms with E-state index < -0.39 is 34.1 Å². The Balaban J connectivity index is 1.52. The van der Waals surface area contributed by atoms with Crippen molar-refractivity contribution >= 4 is 15.9 Å². The molecule has 2 saturated carbocycles. The molecule has 1 spiro atoms. The van der Waals surface area contributed by atoms with Crippen LogP contribution in [0.1, 0.15) is 84.6 Å². The maximum Gasteiger partial charge on any atom is 0.242 e. The lowest BCUT2D eigenvalue weighted by molar-refractivity contribution is -0.142. The summed E-state index contributed by atoms with van der Waals surface area (Å²) in [5.74, 6) is -0.0165. The summed E-state index contributed by atoms with van der Waals surface area (Å²) in [5, 5.41) is 11.4. The number of hydrogen-bond donors (Lipinski definition) is 1. The highest BCUT2D eigenvalue weighted by Gasteiger charge is 2.72. The van der Waals surface area contributed by atoms with Gasteiger partial charge in [-0.15, -0.1) is 0 Å². The fourth-order valence-electron chi connectivity index (χ4n) is 7.35. The molecule has 208 valence electrons. The van der Waals surface area contributed by atoms with Crippen molar-refractivity contribution in [3.63, 3.8) is 0 Å². The van der Waals surface area contributed by atoms with Crippen LogP contribution in [0.3, 0.4) is 0 Å². The summed E-state index contributed by atoms with van der Waals surface area (Å²) < 4.78 is 39.4.